The number of aromatic nitrogens is 1. The summed E-state index contributed by atoms with van der Waals surface area (Å²) < 4.78 is 27.0. The van der Waals surface area contributed by atoms with Crippen LogP contribution in [0, 0.1) is 0 Å². The zero-order chi connectivity index (χ0) is 14.9. The molecule has 4 nitrogen and oxygen atoms in total. The standard InChI is InChI=1S/C11H9BrCl2N2O2S2/c1-16(5-7-2-10(12)19-6-7)20(17,18)8-3-9(13)11(14)15-4-8/h2-4,6H,5H2,1H3. The van der Waals surface area contributed by atoms with Crippen LogP contribution in [-0.4, -0.2) is 24.8 Å². The van der Waals surface area contributed by atoms with Crippen molar-refractivity contribution in [1.82, 2.24) is 9.29 Å². The van der Waals surface area contributed by atoms with Gasteiger partial charge in [0.05, 0.1) is 8.81 Å². The number of pyridine rings is 1. The minimum atomic E-state index is -3.65. The topological polar surface area (TPSA) is 50.3 Å². The number of thiophene rings is 1. The van der Waals surface area contributed by atoms with E-state index in [1.807, 2.05) is 11.4 Å². The van der Waals surface area contributed by atoms with Crippen LogP contribution in [0.25, 0.3) is 0 Å². The van der Waals surface area contributed by atoms with Gasteiger partial charge < -0.3 is 0 Å². The molecule has 0 aliphatic heterocycles. The second-order valence-electron chi connectivity index (χ2n) is 3.96. The van der Waals surface area contributed by atoms with E-state index in [0.717, 1.165) is 9.35 Å². The summed E-state index contributed by atoms with van der Waals surface area (Å²) in [5.41, 5.74) is 0.904. The van der Waals surface area contributed by atoms with Gasteiger partial charge in [0.2, 0.25) is 10.0 Å². The third-order valence-electron chi connectivity index (χ3n) is 2.51. The van der Waals surface area contributed by atoms with E-state index >= 15 is 0 Å². The molecular formula is C11H9BrCl2N2O2S2. The zero-order valence-electron chi connectivity index (χ0n) is 10.2. The molecule has 0 atom stereocenters. The highest BCUT2D eigenvalue weighted by Gasteiger charge is 2.22. The van der Waals surface area contributed by atoms with Gasteiger partial charge in [-0.3, -0.25) is 0 Å². The fraction of sp³-hybridized carbons (Fsp3) is 0.182. The van der Waals surface area contributed by atoms with Crippen LogP contribution in [-0.2, 0) is 16.6 Å². The van der Waals surface area contributed by atoms with Crippen LogP contribution in [0.15, 0.2) is 32.4 Å². The first-order chi connectivity index (χ1) is 9.30. The van der Waals surface area contributed by atoms with Gasteiger partial charge in [-0.2, -0.15) is 4.31 Å². The summed E-state index contributed by atoms with van der Waals surface area (Å²) in [5.74, 6) is 0. The van der Waals surface area contributed by atoms with Gasteiger partial charge in [0.15, 0.2) is 0 Å². The first-order valence-electron chi connectivity index (χ1n) is 5.31. The van der Waals surface area contributed by atoms with Gasteiger partial charge in [0.25, 0.3) is 0 Å². The van der Waals surface area contributed by atoms with Crippen molar-refractivity contribution in [1.29, 1.82) is 0 Å². The lowest BCUT2D eigenvalue weighted by molar-refractivity contribution is 0.467. The third kappa shape index (κ3) is 3.52. The molecule has 0 aliphatic rings. The van der Waals surface area contributed by atoms with Crippen molar-refractivity contribution in [3.8, 4) is 0 Å². The predicted molar refractivity (Wildman–Crippen MR) is 84.9 cm³/mol. The van der Waals surface area contributed by atoms with Crippen LogP contribution in [0.1, 0.15) is 5.56 Å². The van der Waals surface area contributed by atoms with E-state index in [2.05, 4.69) is 20.9 Å². The summed E-state index contributed by atoms with van der Waals surface area (Å²) in [6.45, 7) is 0.269. The van der Waals surface area contributed by atoms with E-state index in [1.54, 1.807) is 0 Å². The lowest BCUT2D eigenvalue weighted by atomic mass is 10.3. The van der Waals surface area contributed by atoms with Crippen molar-refractivity contribution in [2.24, 2.45) is 0 Å². The van der Waals surface area contributed by atoms with Crippen LogP contribution >= 0.6 is 50.5 Å². The van der Waals surface area contributed by atoms with Gasteiger partial charge in [-0.15, -0.1) is 11.3 Å². The average Bonchev–Trinajstić information content (AvgIpc) is 2.78. The maximum Gasteiger partial charge on any atom is 0.244 e. The lowest BCUT2D eigenvalue weighted by Gasteiger charge is -2.16. The Bertz CT molecular complexity index is 734. The summed E-state index contributed by atoms with van der Waals surface area (Å²) in [4.78, 5) is 3.78. The van der Waals surface area contributed by atoms with Crippen molar-refractivity contribution in [3.63, 3.8) is 0 Å². The molecule has 0 aromatic carbocycles. The highest BCUT2D eigenvalue weighted by molar-refractivity contribution is 9.11. The van der Waals surface area contributed by atoms with Gasteiger partial charge in [0, 0.05) is 19.8 Å². The molecule has 9 heteroatoms. The second kappa shape index (κ2) is 6.29. The third-order valence-corrected chi connectivity index (χ3v) is 6.51. The predicted octanol–water partition coefficient (Wildman–Crippen LogP) is 4.03. The Morgan fingerprint density at radius 2 is 2.10 bits per heavy atom. The highest BCUT2D eigenvalue weighted by atomic mass is 79.9. The molecule has 0 unspecified atom stereocenters. The quantitative estimate of drug-likeness (QED) is 0.708. The molecular weight excluding hydrogens is 407 g/mol. The lowest BCUT2D eigenvalue weighted by Crippen LogP contribution is -2.26. The fourth-order valence-electron chi connectivity index (χ4n) is 1.50. The highest BCUT2D eigenvalue weighted by Crippen LogP contribution is 2.26. The molecule has 0 saturated heterocycles. The normalized spacial score (nSPS) is 12.1. The molecule has 0 spiro atoms. The minimum absolute atomic E-state index is 0.0173. The van der Waals surface area contributed by atoms with Crippen LogP contribution < -0.4 is 0 Å². The maximum atomic E-state index is 12.4. The summed E-state index contributed by atoms with van der Waals surface area (Å²) in [7, 11) is -2.15. The van der Waals surface area contributed by atoms with Gasteiger partial charge in [-0.25, -0.2) is 13.4 Å². The SMILES string of the molecule is CN(Cc1csc(Br)c1)S(=O)(=O)c1cnc(Cl)c(Cl)c1. The van der Waals surface area contributed by atoms with Gasteiger partial charge in [-0.05, 0) is 39.0 Å². The zero-order valence-corrected chi connectivity index (χ0v) is 14.9. The molecule has 2 rings (SSSR count). The van der Waals surface area contributed by atoms with Gasteiger partial charge >= 0.3 is 0 Å². The summed E-state index contributed by atoms with van der Waals surface area (Å²) in [6, 6.07) is 3.18. The van der Waals surface area contributed by atoms with E-state index in [4.69, 9.17) is 23.2 Å². The Balaban J connectivity index is 2.27. The average molecular weight is 416 g/mol. The van der Waals surface area contributed by atoms with Crippen molar-refractivity contribution in [3.05, 3.63) is 43.2 Å². The largest absolute Gasteiger partial charge is 0.244 e. The Hall–Kier alpha value is -0.180. The van der Waals surface area contributed by atoms with Gasteiger partial charge in [0.1, 0.15) is 10.0 Å². The molecule has 2 heterocycles. The monoisotopic (exact) mass is 414 g/mol. The molecule has 2 aromatic heterocycles. The van der Waals surface area contributed by atoms with Crippen molar-refractivity contribution < 1.29 is 8.42 Å². The minimum Gasteiger partial charge on any atom is -0.242 e. The Morgan fingerprint density at radius 3 is 2.65 bits per heavy atom. The molecule has 20 heavy (non-hydrogen) atoms. The summed E-state index contributed by atoms with van der Waals surface area (Å²) in [6.07, 6.45) is 1.20. The van der Waals surface area contributed by atoms with Crippen LogP contribution in [0.2, 0.25) is 10.2 Å². The Morgan fingerprint density at radius 1 is 1.40 bits per heavy atom. The van der Waals surface area contributed by atoms with Crippen LogP contribution in [0.5, 0.6) is 0 Å². The Kier molecular flexibility index (Phi) is 5.09. The molecule has 108 valence electrons. The fourth-order valence-corrected chi connectivity index (χ4v) is 4.16. The Labute approximate surface area is 139 Å². The first kappa shape index (κ1) is 16.2. The van der Waals surface area contributed by atoms with Crippen molar-refractivity contribution >= 4 is 60.5 Å². The number of hydrogen-bond donors (Lipinski definition) is 0. The van der Waals surface area contributed by atoms with E-state index in [9.17, 15) is 8.42 Å². The second-order valence-corrected chi connectivity index (χ2v) is 9.06. The van der Waals surface area contributed by atoms with Crippen LogP contribution in [0.3, 0.4) is 0 Å². The smallest absolute Gasteiger partial charge is 0.242 e. The van der Waals surface area contributed by atoms with Crippen molar-refractivity contribution in [2.75, 3.05) is 7.05 Å². The van der Waals surface area contributed by atoms with E-state index in [-0.39, 0.29) is 21.6 Å². The molecule has 0 N–H and O–H groups in total. The molecule has 0 fully saturated rings. The number of hydrogen-bond acceptors (Lipinski definition) is 4. The summed E-state index contributed by atoms with van der Waals surface area (Å²) in [5, 5.41) is 2.08. The molecule has 0 saturated carbocycles. The van der Waals surface area contributed by atoms with Gasteiger partial charge in [-0.1, -0.05) is 23.2 Å². The van der Waals surface area contributed by atoms with E-state index < -0.39 is 10.0 Å². The number of sulfonamides is 1. The number of rotatable bonds is 4. The molecule has 0 amide bonds. The van der Waals surface area contributed by atoms with Crippen LogP contribution in [0.4, 0.5) is 0 Å². The summed E-state index contributed by atoms with van der Waals surface area (Å²) >= 11 is 16.3. The first-order valence-corrected chi connectivity index (χ1v) is 9.18. The maximum absolute atomic E-state index is 12.4. The van der Waals surface area contributed by atoms with E-state index in [0.29, 0.717) is 0 Å². The molecule has 2 aromatic rings. The van der Waals surface area contributed by atoms with E-state index in [1.165, 1.54) is 35.0 Å². The molecule has 0 radical (unpaired) electrons. The van der Waals surface area contributed by atoms with Crippen molar-refractivity contribution in [2.45, 2.75) is 11.4 Å². The molecule has 0 aliphatic carbocycles. The molecule has 0 bridgehead atoms. The number of halogens is 3. The number of nitrogens with zero attached hydrogens (tertiary/aromatic N) is 2.